The number of hydrogen-bond donors (Lipinski definition) is 8. The van der Waals surface area contributed by atoms with E-state index < -0.39 is 81.8 Å². The molecular weight excluding hydrogens is 995 g/mol. The Labute approximate surface area is 416 Å². The molecule has 384 valence electrons. The maximum atomic E-state index is 13.0. The number of halogens is 6. The van der Waals surface area contributed by atoms with Gasteiger partial charge in [-0.1, -0.05) is 39.8 Å². The lowest BCUT2D eigenvalue weighted by atomic mass is 9.62. The zero-order valence-electron chi connectivity index (χ0n) is 39.3. The van der Waals surface area contributed by atoms with Crippen LogP contribution in [0.15, 0.2) is 73.3 Å². The molecule has 16 nitrogen and oxygen atoms in total. The topological polar surface area (TPSA) is 257 Å². The average Bonchev–Trinajstić information content (AvgIpc) is 3.98. The summed E-state index contributed by atoms with van der Waals surface area (Å²) in [5, 5.41) is 69.3. The number of nitrogens with zero attached hydrogens (tertiary/aromatic N) is 6. The van der Waals surface area contributed by atoms with Gasteiger partial charge in [0.2, 0.25) is 11.9 Å². The van der Waals surface area contributed by atoms with Gasteiger partial charge in [-0.2, -0.15) is 26.3 Å². The van der Waals surface area contributed by atoms with E-state index in [2.05, 4.69) is 40.5 Å². The Hall–Kier alpha value is -6.18. The fraction of sp³-hybridized carbons (Fsp3) is 0.417. The fourth-order valence-corrected chi connectivity index (χ4v) is 11.4. The van der Waals surface area contributed by atoms with Gasteiger partial charge in [-0.05, 0) is 109 Å². The van der Waals surface area contributed by atoms with Crippen LogP contribution in [0.5, 0.6) is 0 Å². The van der Waals surface area contributed by atoms with Gasteiger partial charge in [-0.3, -0.25) is 9.59 Å². The van der Waals surface area contributed by atoms with Gasteiger partial charge in [0.05, 0.1) is 33.8 Å². The molecule has 0 radical (unpaired) electrons. The third-order valence-corrected chi connectivity index (χ3v) is 15.3. The molecule has 4 aromatic heterocycles. The summed E-state index contributed by atoms with van der Waals surface area (Å²) in [5.41, 5.74) is -3.22. The minimum Gasteiger partial charge on any atom is -0.481 e. The third-order valence-electron chi connectivity index (χ3n) is 12.8. The molecule has 0 spiro atoms. The summed E-state index contributed by atoms with van der Waals surface area (Å²) in [6.45, 7) is 10.6. The Morgan fingerprint density at radius 3 is 1.31 bits per heavy atom. The van der Waals surface area contributed by atoms with Crippen LogP contribution < -0.4 is 10.6 Å². The number of anilines is 4. The molecule has 0 amide bonds. The van der Waals surface area contributed by atoms with Gasteiger partial charge in [0, 0.05) is 36.2 Å². The van der Waals surface area contributed by atoms with Crippen molar-refractivity contribution in [1.82, 2.24) is 29.9 Å². The van der Waals surface area contributed by atoms with Crippen LogP contribution in [0.3, 0.4) is 0 Å². The standard InChI is InChI=1S/2C24H25F3N4O4S/c2*1-12-6-13(8-14(7-12)30-21-28-5-4-17(31-21)24(25,26)27)16-10-29-20(36-16)23(35)11-22(2,3)15(19(33)34)9-18(23)32/h2*4-8,10,15,18,32,35H,9,11H2,1-3H3,(H,33,34)(H,28,30,31)/t15-,18+,23-;15-,18-,23+/m11/s1. The first-order valence-electron chi connectivity index (χ1n) is 22.2. The molecule has 4 heterocycles. The van der Waals surface area contributed by atoms with Crippen LogP contribution in [0.25, 0.3) is 20.9 Å². The van der Waals surface area contributed by atoms with Gasteiger partial charge >= 0.3 is 24.3 Å². The van der Waals surface area contributed by atoms with Crippen molar-refractivity contribution in [2.75, 3.05) is 10.6 Å². The van der Waals surface area contributed by atoms with E-state index in [1.165, 1.54) is 0 Å². The monoisotopic (exact) mass is 1040 g/mol. The summed E-state index contributed by atoms with van der Waals surface area (Å²) in [7, 11) is 0. The van der Waals surface area contributed by atoms with Crippen LogP contribution in [0.1, 0.15) is 85.9 Å². The molecule has 2 aliphatic rings. The number of benzene rings is 2. The number of thiazole rings is 2. The number of carboxylic acids is 2. The zero-order valence-corrected chi connectivity index (χ0v) is 41.0. The van der Waals surface area contributed by atoms with Crippen molar-refractivity contribution in [3.63, 3.8) is 0 Å². The summed E-state index contributed by atoms with van der Waals surface area (Å²) in [4.78, 5) is 48.1. The van der Waals surface area contributed by atoms with E-state index in [0.717, 1.165) is 58.3 Å². The summed E-state index contributed by atoms with van der Waals surface area (Å²) in [6.07, 6.45) is -6.87. The van der Waals surface area contributed by atoms with E-state index in [0.29, 0.717) is 32.3 Å². The zero-order chi connectivity index (χ0) is 52.9. The van der Waals surface area contributed by atoms with Crippen molar-refractivity contribution in [3.8, 4) is 20.9 Å². The molecule has 72 heavy (non-hydrogen) atoms. The first kappa shape index (κ1) is 53.6. The minimum atomic E-state index is -4.60. The summed E-state index contributed by atoms with van der Waals surface area (Å²) in [6, 6.07) is 12.1. The molecule has 2 aromatic carbocycles. The molecule has 0 saturated heterocycles. The van der Waals surface area contributed by atoms with E-state index in [4.69, 9.17) is 0 Å². The highest BCUT2D eigenvalue weighted by molar-refractivity contribution is 7.15. The van der Waals surface area contributed by atoms with Crippen molar-refractivity contribution in [2.24, 2.45) is 22.7 Å². The molecule has 0 aliphatic heterocycles. The Kier molecular flexibility index (Phi) is 14.7. The van der Waals surface area contributed by atoms with Gasteiger partial charge in [0.1, 0.15) is 32.6 Å². The Morgan fingerprint density at radius 2 is 0.972 bits per heavy atom. The number of nitrogens with one attached hydrogen (secondary N) is 2. The molecule has 0 unspecified atom stereocenters. The highest BCUT2D eigenvalue weighted by atomic mass is 32.1. The van der Waals surface area contributed by atoms with E-state index in [1.807, 2.05) is 26.0 Å². The first-order chi connectivity index (χ1) is 33.4. The number of aliphatic hydroxyl groups excluding tert-OH is 2. The molecule has 2 fully saturated rings. The van der Waals surface area contributed by atoms with E-state index in [9.17, 15) is 66.6 Å². The van der Waals surface area contributed by atoms with Crippen LogP contribution >= 0.6 is 22.7 Å². The Bertz CT molecular complexity index is 2790. The molecule has 0 bridgehead atoms. The number of alkyl halides is 6. The van der Waals surface area contributed by atoms with Gasteiger partial charge in [0.25, 0.3) is 0 Å². The van der Waals surface area contributed by atoms with Gasteiger partial charge in [-0.15, -0.1) is 22.7 Å². The van der Waals surface area contributed by atoms with Crippen molar-refractivity contribution in [2.45, 2.75) is 103 Å². The van der Waals surface area contributed by atoms with Gasteiger partial charge in [-0.25, -0.2) is 29.9 Å². The van der Waals surface area contributed by atoms with E-state index in [-0.39, 0.29) is 47.6 Å². The summed E-state index contributed by atoms with van der Waals surface area (Å²) < 4.78 is 77.9. The second-order valence-corrected chi connectivity index (χ2v) is 21.5. The number of aliphatic hydroxyl groups is 4. The highest BCUT2D eigenvalue weighted by Gasteiger charge is 2.56. The van der Waals surface area contributed by atoms with Crippen molar-refractivity contribution in [3.05, 3.63) is 106 Å². The van der Waals surface area contributed by atoms with Crippen molar-refractivity contribution >= 4 is 57.9 Å². The van der Waals surface area contributed by atoms with Crippen LogP contribution in [0.2, 0.25) is 0 Å². The third kappa shape index (κ3) is 11.5. The molecule has 8 rings (SSSR count). The van der Waals surface area contributed by atoms with Crippen molar-refractivity contribution < 1.29 is 66.6 Å². The number of hydrogen-bond acceptors (Lipinski definition) is 16. The molecule has 6 aromatic rings. The lowest BCUT2D eigenvalue weighted by molar-refractivity contribution is -0.176. The molecule has 6 atom stereocenters. The predicted molar refractivity (Wildman–Crippen MR) is 253 cm³/mol. The second kappa shape index (κ2) is 19.7. The molecular formula is C48H50F6N8O8S2. The van der Waals surface area contributed by atoms with Crippen LogP contribution in [-0.2, 0) is 33.1 Å². The van der Waals surface area contributed by atoms with Crippen LogP contribution in [0, 0.1) is 36.5 Å². The first-order valence-corrected chi connectivity index (χ1v) is 23.8. The number of rotatable bonds is 10. The average molecular weight is 1050 g/mol. The van der Waals surface area contributed by atoms with Crippen LogP contribution in [0.4, 0.5) is 49.6 Å². The maximum absolute atomic E-state index is 13.0. The quantitative estimate of drug-likeness (QED) is 0.0594. The maximum Gasteiger partial charge on any atom is 0.433 e. The minimum absolute atomic E-state index is 0.0125. The Balaban J connectivity index is 0.000000211. The van der Waals surface area contributed by atoms with Crippen LogP contribution in [-0.4, -0.2) is 84.7 Å². The molecule has 24 heteroatoms. The fourth-order valence-electron chi connectivity index (χ4n) is 9.27. The second-order valence-electron chi connectivity index (χ2n) is 19.5. The van der Waals surface area contributed by atoms with Gasteiger partial charge in [0.15, 0.2) is 0 Å². The summed E-state index contributed by atoms with van der Waals surface area (Å²) in [5.74, 6) is -4.08. The lowest BCUT2D eigenvalue weighted by Gasteiger charge is -2.47. The highest BCUT2D eigenvalue weighted by Crippen LogP contribution is 2.53. The lowest BCUT2D eigenvalue weighted by Crippen LogP contribution is -2.53. The molecule has 2 saturated carbocycles. The number of aryl methyl sites for hydroxylation is 2. The Morgan fingerprint density at radius 1 is 0.611 bits per heavy atom. The number of aliphatic carboxylic acids is 2. The summed E-state index contributed by atoms with van der Waals surface area (Å²) >= 11 is 2.32. The number of carbonyl (C=O) groups is 2. The molecule has 2 aliphatic carbocycles. The normalized spacial score (nSPS) is 23.9. The van der Waals surface area contributed by atoms with E-state index >= 15 is 0 Å². The number of aromatic nitrogens is 6. The predicted octanol–water partition coefficient (Wildman–Crippen LogP) is 9.48. The smallest absolute Gasteiger partial charge is 0.433 e. The number of carboxylic acid groups (broad SMARTS) is 2. The van der Waals surface area contributed by atoms with E-state index in [1.54, 1.807) is 64.4 Å². The molecule has 8 N–H and O–H groups in total. The SMILES string of the molecule is Cc1cc(Nc2nccc(C(F)(F)F)n2)cc(-c2cnc([C@@]3(O)CC(C)(C)[C@@H](C(=O)O)C[C@@H]3O)s2)c1.Cc1cc(Nc2nccc(C(F)(F)F)n2)cc(-c2cnc([C@]3(O)CC(C)(C)[C@@H](C(=O)O)C[C@H]3O)s2)c1. The largest absolute Gasteiger partial charge is 0.481 e. The van der Waals surface area contributed by atoms with Crippen molar-refractivity contribution in [1.29, 1.82) is 0 Å². The van der Waals surface area contributed by atoms with Gasteiger partial charge < -0.3 is 41.3 Å².